The predicted molar refractivity (Wildman–Crippen MR) is 73.0 cm³/mol. The average Bonchev–Trinajstić information content (AvgIpc) is 2.16. The first-order chi connectivity index (χ1) is 6.91. The molecule has 90 valence electrons. The molecule has 1 aromatic carbocycles. The minimum Gasteiger partial charge on any atom is -0.321 e. The van der Waals surface area contributed by atoms with E-state index < -0.39 is 6.04 Å². The summed E-state index contributed by atoms with van der Waals surface area (Å²) >= 11 is 0. The van der Waals surface area contributed by atoms with Crippen LogP contribution in [-0.2, 0) is 11.2 Å². The molecule has 0 spiro atoms. The number of hydrogen-bond donors (Lipinski definition) is 1. The maximum atomic E-state index is 11.8. The molecule has 0 radical (unpaired) electrons. The molecule has 2 N–H and O–H groups in total. The van der Waals surface area contributed by atoms with Gasteiger partial charge in [0.2, 0.25) is 0 Å². The molecule has 0 aliphatic heterocycles. The number of hydrogen-bond acceptors (Lipinski definition) is 2. The van der Waals surface area contributed by atoms with Crippen LogP contribution in [-0.4, -0.2) is 11.8 Å². The minimum atomic E-state index is -0.396. The lowest BCUT2D eigenvalue weighted by Crippen LogP contribution is -2.40. The molecule has 0 bridgehead atoms. The van der Waals surface area contributed by atoms with E-state index in [0.717, 1.165) is 5.56 Å². The molecule has 0 aliphatic carbocycles. The summed E-state index contributed by atoms with van der Waals surface area (Å²) in [7, 11) is 0. The summed E-state index contributed by atoms with van der Waals surface area (Å²) in [6, 6.07) is 9.48. The first kappa shape index (κ1) is 15.2. The first-order valence-corrected chi connectivity index (χ1v) is 5.25. The molecule has 16 heavy (non-hydrogen) atoms. The van der Waals surface area contributed by atoms with Crippen LogP contribution in [0.25, 0.3) is 0 Å². The largest absolute Gasteiger partial charge is 0.321 e. The second-order valence-electron chi connectivity index (χ2n) is 4.91. The van der Waals surface area contributed by atoms with Gasteiger partial charge in [-0.25, -0.2) is 0 Å². The van der Waals surface area contributed by atoms with Crippen molar-refractivity contribution in [2.45, 2.75) is 33.2 Å². The molecule has 1 rings (SSSR count). The van der Waals surface area contributed by atoms with E-state index in [0.29, 0.717) is 6.42 Å². The van der Waals surface area contributed by atoms with Gasteiger partial charge in [-0.1, -0.05) is 51.1 Å². The van der Waals surface area contributed by atoms with Crippen molar-refractivity contribution in [3.05, 3.63) is 35.9 Å². The maximum Gasteiger partial charge on any atom is 0.155 e. The van der Waals surface area contributed by atoms with E-state index in [-0.39, 0.29) is 24.7 Å². The molecule has 0 saturated carbocycles. The summed E-state index contributed by atoms with van der Waals surface area (Å²) < 4.78 is 0. The Morgan fingerprint density at radius 1 is 1.25 bits per heavy atom. The van der Waals surface area contributed by atoms with Crippen LogP contribution in [0.2, 0.25) is 0 Å². The quantitative estimate of drug-likeness (QED) is 0.879. The third-order valence-electron chi connectivity index (χ3n) is 2.37. The highest BCUT2D eigenvalue weighted by Crippen LogP contribution is 2.17. The Bertz CT molecular complexity index is 330. The van der Waals surface area contributed by atoms with Crippen molar-refractivity contribution in [3.63, 3.8) is 0 Å². The molecule has 1 aromatic rings. The van der Waals surface area contributed by atoms with Crippen LogP contribution in [0.4, 0.5) is 0 Å². The second kappa shape index (κ2) is 6.06. The van der Waals surface area contributed by atoms with E-state index >= 15 is 0 Å². The third kappa shape index (κ3) is 4.37. The second-order valence-corrected chi connectivity index (χ2v) is 4.91. The van der Waals surface area contributed by atoms with Crippen LogP contribution < -0.4 is 5.73 Å². The SMILES string of the molecule is CC(C)(C)C(=O)[C@@H](N)Cc1ccccc1.S. The van der Waals surface area contributed by atoms with E-state index in [1.54, 1.807) is 0 Å². The van der Waals surface area contributed by atoms with Gasteiger partial charge in [0.25, 0.3) is 0 Å². The number of carbonyl (C=O) groups is 1. The fraction of sp³-hybridized carbons (Fsp3) is 0.462. The van der Waals surface area contributed by atoms with Gasteiger partial charge in [0.15, 0.2) is 5.78 Å². The lowest BCUT2D eigenvalue weighted by molar-refractivity contribution is -0.127. The topological polar surface area (TPSA) is 43.1 Å². The Morgan fingerprint density at radius 2 is 1.75 bits per heavy atom. The van der Waals surface area contributed by atoms with Gasteiger partial charge in [0.1, 0.15) is 0 Å². The van der Waals surface area contributed by atoms with Gasteiger partial charge in [-0.3, -0.25) is 4.79 Å². The monoisotopic (exact) mass is 239 g/mol. The van der Waals surface area contributed by atoms with Gasteiger partial charge in [-0.2, -0.15) is 13.5 Å². The van der Waals surface area contributed by atoms with Crippen molar-refractivity contribution in [1.82, 2.24) is 0 Å². The number of ketones is 1. The normalized spacial score (nSPS) is 12.8. The standard InChI is InChI=1S/C13H19NO.H2S/c1-13(2,3)12(15)11(14)9-10-7-5-4-6-8-10;/h4-8,11H,9,14H2,1-3H3;1H2/t11-;/m0./s1. The Morgan fingerprint density at radius 3 is 2.19 bits per heavy atom. The van der Waals surface area contributed by atoms with Crippen molar-refractivity contribution < 1.29 is 4.79 Å². The molecule has 0 aromatic heterocycles. The van der Waals surface area contributed by atoms with Gasteiger partial charge < -0.3 is 5.73 Å². The highest BCUT2D eigenvalue weighted by atomic mass is 32.1. The number of carbonyl (C=O) groups excluding carboxylic acids is 1. The Kier molecular flexibility index (Phi) is 5.76. The van der Waals surface area contributed by atoms with Crippen molar-refractivity contribution in [2.24, 2.45) is 11.1 Å². The van der Waals surface area contributed by atoms with Crippen molar-refractivity contribution >= 4 is 19.3 Å². The van der Waals surface area contributed by atoms with E-state index in [1.807, 2.05) is 51.1 Å². The van der Waals surface area contributed by atoms with Gasteiger partial charge >= 0.3 is 0 Å². The molecular formula is C13H21NOS. The van der Waals surface area contributed by atoms with E-state index in [4.69, 9.17) is 5.73 Å². The fourth-order valence-electron chi connectivity index (χ4n) is 1.52. The zero-order valence-corrected chi connectivity index (χ0v) is 11.2. The highest BCUT2D eigenvalue weighted by molar-refractivity contribution is 7.59. The summed E-state index contributed by atoms with van der Waals surface area (Å²) in [4.78, 5) is 11.8. The molecule has 1 atom stereocenters. The number of rotatable bonds is 3. The zero-order valence-electron chi connectivity index (χ0n) is 10.2. The molecule has 0 saturated heterocycles. The lowest BCUT2D eigenvalue weighted by Gasteiger charge is -2.21. The Labute approximate surface area is 105 Å². The molecule has 0 heterocycles. The van der Waals surface area contributed by atoms with Crippen LogP contribution in [0.1, 0.15) is 26.3 Å². The van der Waals surface area contributed by atoms with Gasteiger partial charge in [0, 0.05) is 5.41 Å². The van der Waals surface area contributed by atoms with Crippen molar-refractivity contribution in [1.29, 1.82) is 0 Å². The van der Waals surface area contributed by atoms with Gasteiger partial charge in [-0.05, 0) is 12.0 Å². The van der Waals surface area contributed by atoms with Crippen molar-refractivity contribution in [2.75, 3.05) is 0 Å². The lowest BCUT2D eigenvalue weighted by atomic mass is 9.85. The molecule has 0 unspecified atom stereocenters. The fourth-order valence-corrected chi connectivity index (χ4v) is 1.52. The number of nitrogens with two attached hydrogens (primary N) is 1. The van der Waals surface area contributed by atoms with Crippen molar-refractivity contribution in [3.8, 4) is 0 Å². The highest BCUT2D eigenvalue weighted by Gasteiger charge is 2.26. The average molecular weight is 239 g/mol. The molecule has 3 heteroatoms. The molecule has 0 aliphatic rings. The zero-order chi connectivity index (χ0) is 11.5. The summed E-state index contributed by atoms with van der Waals surface area (Å²) in [5, 5.41) is 0. The van der Waals surface area contributed by atoms with Gasteiger partial charge in [0.05, 0.1) is 6.04 Å². The van der Waals surface area contributed by atoms with Crippen LogP contribution >= 0.6 is 13.5 Å². The summed E-state index contributed by atoms with van der Waals surface area (Å²) in [6.45, 7) is 5.71. The maximum absolute atomic E-state index is 11.8. The van der Waals surface area contributed by atoms with Crippen LogP contribution in [0, 0.1) is 5.41 Å². The van der Waals surface area contributed by atoms with E-state index in [1.165, 1.54) is 0 Å². The minimum absolute atomic E-state index is 0. The third-order valence-corrected chi connectivity index (χ3v) is 2.37. The Hall–Kier alpha value is -0.800. The van der Waals surface area contributed by atoms with E-state index in [9.17, 15) is 4.79 Å². The first-order valence-electron chi connectivity index (χ1n) is 5.25. The van der Waals surface area contributed by atoms with Crippen LogP contribution in [0.15, 0.2) is 30.3 Å². The predicted octanol–water partition coefficient (Wildman–Crippen LogP) is 2.28. The van der Waals surface area contributed by atoms with Crippen LogP contribution in [0.3, 0.4) is 0 Å². The molecule has 0 fully saturated rings. The Balaban J connectivity index is 0.00000225. The number of benzene rings is 1. The summed E-state index contributed by atoms with van der Waals surface area (Å²) in [5.74, 6) is 0.117. The van der Waals surface area contributed by atoms with Gasteiger partial charge in [-0.15, -0.1) is 0 Å². The van der Waals surface area contributed by atoms with Crippen LogP contribution in [0.5, 0.6) is 0 Å². The molecular weight excluding hydrogens is 218 g/mol. The molecule has 0 amide bonds. The van der Waals surface area contributed by atoms with E-state index in [2.05, 4.69) is 0 Å². The molecule has 2 nitrogen and oxygen atoms in total. The number of Topliss-reactive ketones (excluding diaryl/α,β-unsaturated/α-hetero) is 1. The summed E-state index contributed by atoms with van der Waals surface area (Å²) in [5.41, 5.74) is 6.65. The smallest absolute Gasteiger partial charge is 0.155 e. The summed E-state index contributed by atoms with van der Waals surface area (Å²) in [6.07, 6.45) is 0.622.